The summed E-state index contributed by atoms with van der Waals surface area (Å²) in [5.74, 6) is -3.58. The molecule has 2 aromatic rings. The number of aliphatic hydroxyl groups is 1. The van der Waals surface area contributed by atoms with Crippen LogP contribution in [0.2, 0.25) is 0 Å². The van der Waals surface area contributed by atoms with Gasteiger partial charge < -0.3 is 29.7 Å². The number of nitrogens with zero attached hydrogens (tertiary/aromatic N) is 2. The van der Waals surface area contributed by atoms with Crippen molar-refractivity contribution in [1.29, 1.82) is 0 Å². The summed E-state index contributed by atoms with van der Waals surface area (Å²) in [6.45, 7) is -0.0424. The first-order valence-electron chi connectivity index (χ1n) is 14.8. The van der Waals surface area contributed by atoms with E-state index in [2.05, 4.69) is 21.2 Å². The Morgan fingerprint density at radius 1 is 0.977 bits per heavy atom. The second-order valence-corrected chi connectivity index (χ2v) is 12.4. The van der Waals surface area contributed by atoms with Crippen molar-refractivity contribution >= 4 is 39.6 Å². The van der Waals surface area contributed by atoms with Gasteiger partial charge in [0, 0.05) is 30.5 Å². The number of fused-ring (bicyclic) bond motifs is 2. The van der Waals surface area contributed by atoms with Crippen molar-refractivity contribution in [2.45, 2.75) is 43.2 Å². The molecule has 10 nitrogen and oxygen atoms in total. The summed E-state index contributed by atoms with van der Waals surface area (Å²) in [7, 11) is 0. The number of amides is 3. The van der Waals surface area contributed by atoms with Gasteiger partial charge in [-0.25, -0.2) is 0 Å². The Labute approximate surface area is 263 Å². The molecule has 44 heavy (non-hydrogen) atoms. The van der Waals surface area contributed by atoms with E-state index in [-0.39, 0.29) is 45.2 Å². The molecule has 1 spiro atoms. The Kier molecular flexibility index (Phi) is 8.70. The van der Waals surface area contributed by atoms with Gasteiger partial charge in [0.05, 0.1) is 24.5 Å². The minimum Gasteiger partial charge on any atom is -0.463 e. The number of nitrogens with one attached hydrogen (secondary N) is 1. The van der Waals surface area contributed by atoms with E-state index in [1.165, 1.54) is 4.90 Å². The molecule has 0 radical (unpaired) electrons. The second kappa shape index (κ2) is 12.7. The van der Waals surface area contributed by atoms with E-state index in [4.69, 9.17) is 9.47 Å². The maximum atomic E-state index is 14.6. The predicted molar refractivity (Wildman–Crippen MR) is 163 cm³/mol. The lowest BCUT2D eigenvalue weighted by atomic mass is 9.74. The van der Waals surface area contributed by atoms with E-state index in [1.54, 1.807) is 11.0 Å². The van der Waals surface area contributed by atoms with Crippen molar-refractivity contribution in [3.05, 3.63) is 94.5 Å². The van der Waals surface area contributed by atoms with Gasteiger partial charge in [-0.2, -0.15) is 0 Å². The third kappa shape index (κ3) is 5.48. The summed E-state index contributed by atoms with van der Waals surface area (Å²) >= 11 is 3.56. The molecule has 2 N–H and O–H groups in total. The number of likely N-dealkylation sites (tertiary alicyclic amines) is 1. The van der Waals surface area contributed by atoms with Gasteiger partial charge in [0.25, 0.3) is 0 Å². The van der Waals surface area contributed by atoms with Crippen LogP contribution < -0.4 is 5.32 Å². The molecule has 230 valence electrons. The van der Waals surface area contributed by atoms with E-state index in [1.807, 2.05) is 72.8 Å². The SMILES string of the molecule is O=C1CC/C=C\CN(Cc2ccccc2)C(=O)[C@@H]2N(CCO)C(=O)[C@H]3[C@H](C(=O)N[C@H](c4ccccc4)CO1)[C@H]1O[C@@]23C=C1Br. The molecular weight excluding hydrogens is 630 g/mol. The number of carbonyl (C=O) groups is 4. The molecule has 2 aromatic carbocycles. The van der Waals surface area contributed by atoms with E-state index in [9.17, 15) is 24.3 Å². The number of cyclic esters (lactones) is 1. The highest BCUT2D eigenvalue weighted by Gasteiger charge is 2.74. The minimum absolute atomic E-state index is 0.0834. The first-order chi connectivity index (χ1) is 21.3. The number of esters is 1. The molecule has 6 atom stereocenters. The summed E-state index contributed by atoms with van der Waals surface area (Å²) in [5.41, 5.74) is 0.230. The average Bonchev–Trinajstić information content (AvgIpc) is 3.62. The summed E-state index contributed by atoms with van der Waals surface area (Å²) in [6.07, 6.45) is 5.18. The van der Waals surface area contributed by atoms with Crippen LogP contribution in [0, 0.1) is 11.8 Å². The Morgan fingerprint density at radius 2 is 1.70 bits per heavy atom. The predicted octanol–water partition coefficient (Wildman–Crippen LogP) is 2.63. The highest BCUT2D eigenvalue weighted by Crippen LogP contribution is 2.58. The molecule has 5 bridgehead atoms. The summed E-state index contributed by atoms with van der Waals surface area (Å²) < 4.78 is 12.7. The molecule has 0 aliphatic carbocycles. The van der Waals surface area contributed by atoms with Gasteiger partial charge in [-0.1, -0.05) is 88.7 Å². The minimum atomic E-state index is -1.41. The zero-order chi connectivity index (χ0) is 30.8. The zero-order valence-electron chi connectivity index (χ0n) is 24.0. The number of β-amino-alcohol motifs (C(OH)–C–C–N with tert-alkyl or cyclic N) is 1. The highest BCUT2D eigenvalue weighted by molar-refractivity contribution is 9.11. The first-order valence-corrected chi connectivity index (χ1v) is 15.6. The number of carbonyl (C=O) groups excluding carboxylic acids is 4. The number of aliphatic hydroxyl groups excluding tert-OH is 1. The van der Waals surface area contributed by atoms with Crippen molar-refractivity contribution in [3.63, 3.8) is 0 Å². The molecule has 4 aliphatic rings. The molecule has 6 rings (SSSR count). The Hall–Kier alpha value is -3.80. The molecule has 0 saturated carbocycles. The third-order valence-corrected chi connectivity index (χ3v) is 9.45. The molecule has 11 heteroatoms. The van der Waals surface area contributed by atoms with Gasteiger partial charge in [-0.3, -0.25) is 19.2 Å². The standard InChI is InChI=1S/C33H34BrN3O7/c34-23-18-33-27-26(28(23)44-33)30(40)35-24(22-12-6-2-7-13-22)20-43-25(39)14-8-3-9-15-36(19-21-10-4-1-5-11-21)32(42)29(33)37(16-17-38)31(27)41/h1-7,9-13,18,24,26-29,38H,8,14-17,19-20H2,(H,35,40)/b9-3-/t24-,26-,27+,28-,29-,33+/m0/s1. The number of halogens is 1. The Morgan fingerprint density at radius 3 is 2.43 bits per heavy atom. The Balaban J connectivity index is 1.41. The van der Waals surface area contributed by atoms with E-state index < -0.39 is 53.4 Å². The maximum Gasteiger partial charge on any atom is 0.306 e. The van der Waals surface area contributed by atoms with Crippen LogP contribution in [0.25, 0.3) is 0 Å². The maximum absolute atomic E-state index is 14.6. The molecule has 2 fully saturated rings. The monoisotopic (exact) mass is 663 g/mol. The third-order valence-electron chi connectivity index (χ3n) is 8.77. The summed E-state index contributed by atoms with van der Waals surface area (Å²) in [5, 5.41) is 13.0. The van der Waals surface area contributed by atoms with Gasteiger partial charge in [0.1, 0.15) is 24.4 Å². The van der Waals surface area contributed by atoms with Crippen LogP contribution in [0.3, 0.4) is 0 Å². The van der Waals surface area contributed by atoms with Crippen molar-refractivity contribution in [2.75, 3.05) is 26.3 Å². The van der Waals surface area contributed by atoms with Gasteiger partial charge in [0.15, 0.2) is 0 Å². The smallest absolute Gasteiger partial charge is 0.306 e. The largest absolute Gasteiger partial charge is 0.463 e. The topological polar surface area (TPSA) is 125 Å². The van der Waals surface area contributed by atoms with Crippen LogP contribution in [0.15, 0.2) is 83.4 Å². The van der Waals surface area contributed by atoms with Gasteiger partial charge in [-0.15, -0.1) is 0 Å². The van der Waals surface area contributed by atoms with Crippen LogP contribution >= 0.6 is 15.9 Å². The number of rotatable bonds is 5. The van der Waals surface area contributed by atoms with E-state index in [0.717, 1.165) is 11.1 Å². The zero-order valence-corrected chi connectivity index (χ0v) is 25.6. The van der Waals surface area contributed by atoms with Crippen molar-refractivity contribution in [3.8, 4) is 0 Å². The molecule has 0 unspecified atom stereocenters. The molecule has 4 aliphatic heterocycles. The molecule has 0 aromatic heterocycles. The Bertz CT molecular complexity index is 1480. The number of hydrogen-bond donors (Lipinski definition) is 2. The fourth-order valence-electron chi connectivity index (χ4n) is 6.80. The first kappa shape index (κ1) is 30.2. The molecule has 4 heterocycles. The lowest BCUT2D eigenvalue weighted by Crippen LogP contribution is -2.56. The van der Waals surface area contributed by atoms with Crippen LogP contribution in [-0.4, -0.2) is 82.6 Å². The quantitative estimate of drug-likeness (QED) is 0.372. The van der Waals surface area contributed by atoms with E-state index in [0.29, 0.717) is 10.9 Å². The fraction of sp³-hybridized carbons (Fsp3) is 0.394. The van der Waals surface area contributed by atoms with Crippen molar-refractivity contribution < 1.29 is 33.8 Å². The lowest BCUT2D eigenvalue weighted by Gasteiger charge is -2.35. The van der Waals surface area contributed by atoms with E-state index >= 15 is 0 Å². The highest BCUT2D eigenvalue weighted by atomic mass is 79.9. The molecule has 3 amide bonds. The average molecular weight is 665 g/mol. The van der Waals surface area contributed by atoms with Gasteiger partial charge in [0.2, 0.25) is 17.7 Å². The molecular formula is C33H34BrN3O7. The van der Waals surface area contributed by atoms with Gasteiger partial charge in [-0.05, 0) is 23.6 Å². The van der Waals surface area contributed by atoms with Crippen LogP contribution in [-0.2, 0) is 35.2 Å². The second-order valence-electron chi connectivity index (χ2n) is 11.5. The molecule has 2 saturated heterocycles. The fourth-order valence-corrected chi connectivity index (χ4v) is 7.53. The van der Waals surface area contributed by atoms with Crippen LogP contribution in [0.4, 0.5) is 0 Å². The van der Waals surface area contributed by atoms with Crippen LogP contribution in [0.5, 0.6) is 0 Å². The number of benzene rings is 2. The van der Waals surface area contributed by atoms with Crippen LogP contribution in [0.1, 0.15) is 30.0 Å². The normalized spacial score (nSPS) is 31.4. The lowest BCUT2D eigenvalue weighted by molar-refractivity contribution is -0.148. The van der Waals surface area contributed by atoms with Gasteiger partial charge >= 0.3 is 5.97 Å². The summed E-state index contributed by atoms with van der Waals surface area (Å²) in [6, 6.07) is 16.9. The summed E-state index contributed by atoms with van der Waals surface area (Å²) in [4.78, 5) is 58.4. The number of allylic oxidation sites excluding steroid dienone is 1. The van der Waals surface area contributed by atoms with Crippen molar-refractivity contribution in [2.24, 2.45) is 11.8 Å². The van der Waals surface area contributed by atoms with Crippen molar-refractivity contribution in [1.82, 2.24) is 15.1 Å². The number of hydrogen-bond acceptors (Lipinski definition) is 7. The number of ether oxygens (including phenoxy) is 2.